The van der Waals surface area contributed by atoms with Crippen molar-refractivity contribution in [2.75, 3.05) is 22.1 Å². The van der Waals surface area contributed by atoms with Gasteiger partial charge >= 0.3 is 6.09 Å². The molecule has 1 unspecified atom stereocenters. The molecule has 0 aliphatic carbocycles. The smallest absolute Gasteiger partial charge is 0.412 e. The maximum absolute atomic E-state index is 13.9. The average Bonchev–Trinajstić information content (AvgIpc) is 3.09. The number of benzene rings is 2. The van der Waals surface area contributed by atoms with Crippen molar-refractivity contribution >= 4 is 40.9 Å². The normalized spacial score (nSPS) is 19.0. The summed E-state index contributed by atoms with van der Waals surface area (Å²) in [4.78, 5) is 54.2. The standard InChI is InChI=1S/C26H29FN4O5/c1-25(2,3)36-24(35)29-18-10-9-16(27)15-19(18)28-21(32)12-14-30-23(34)17-7-5-6-8-20(17)31-22(33)11-13-26(30,31)4/h5-10,15H,11-14H2,1-4H3,(H,28,32)(H,29,35). The summed E-state index contributed by atoms with van der Waals surface area (Å²) in [6.45, 7) is 6.99. The third-order valence-corrected chi connectivity index (χ3v) is 6.20. The van der Waals surface area contributed by atoms with Crippen molar-refractivity contribution < 1.29 is 28.3 Å². The Labute approximate surface area is 208 Å². The molecule has 4 rings (SSSR count). The van der Waals surface area contributed by atoms with Crippen LogP contribution in [-0.4, -0.2) is 46.5 Å². The van der Waals surface area contributed by atoms with Gasteiger partial charge in [-0.05, 0) is 64.4 Å². The molecule has 0 bridgehead atoms. The predicted octanol–water partition coefficient (Wildman–Crippen LogP) is 4.50. The first kappa shape index (κ1) is 25.2. The van der Waals surface area contributed by atoms with Crippen LogP contribution < -0.4 is 15.5 Å². The van der Waals surface area contributed by atoms with E-state index in [2.05, 4.69) is 10.6 Å². The first-order chi connectivity index (χ1) is 16.9. The SMILES string of the molecule is CC(C)(C)OC(=O)Nc1ccc(F)cc1NC(=O)CCN1C(=O)c2ccccc2N2C(=O)CCC12C. The van der Waals surface area contributed by atoms with E-state index in [1.165, 1.54) is 6.07 Å². The summed E-state index contributed by atoms with van der Waals surface area (Å²) in [5, 5.41) is 5.12. The minimum atomic E-state index is -0.884. The van der Waals surface area contributed by atoms with Gasteiger partial charge in [0.2, 0.25) is 11.8 Å². The van der Waals surface area contributed by atoms with Crippen molar-refractivity contribution in [3.05, 3.63) is 53.8 Å². The molecular weight excluding hydrogens is 467 g/mol. The van der Waals surface area contributed by atoms with Gasteiger partial charge in [-0.2, -0.15) is 0 Å². The fourth-order valence-electron chi connectivity index (χ4n) is 4.61. The fourth-order valence-corrected chi connectivity index (χ4v) is 4.61. The van der Waals surface area contributed by atoms with Crippen molar-refractivity contribution in [3.63, 3.8) is 0 Å². The molecule has 2 N–H and O–H groups in total. The molecule has 1 atom stereocenters. The molecule has 1 saturated heterocycles. The Kier molecular flexibility index (Phi) is 6.46. The molecule has 2 aliphatic heterocycles. The zero-order valence-corrected chi connectivity index (χ0v) is 20.7. The molecule has 2 heterocycles. The molecule has 9 nitrogen and oxygen atoms in total. The summed E-state index contributed by atoms with van der Waals surface area (Å²) >= 11 is 0. The van der Waals surface area contributed by atoms with E-state index in [9.17, 15) is 23.6 Å². The summed E-state index contributed by atoms with van der Waals surface area (Å²) in [5.74, 6) is -1.43. The topological polar surface area (TPSA) is 108 Å². The number of ether oxygens (including phenoxy) is 1. The summed E-state index contributed by atoms with van der Waals surface area (Å²) in [6.07, 6.45) is -0.111. The number of carbonyl (C=O) groups excluding carboxylic acids is 4. The van der Waals surface area contributed by atoms with E-state index in [1.54, 1.807) is 54.8 Å². The monoisotopic (exact) mass is 496 g/mol. The van der Waals surface area contributed by atoms with Crippen molar-refractivity contribution in [1.82, 2.24) is 4.90 Å². The maximum atomic E-state index is 13.9. The molecule has 1 fully saturated rings. The van der Waals surface area contributed by atoms with Crippen LogP contribution in [0.25, 0.3) is 0 Å². The molecule has 2 aliphatic rings. The molecule has 2 aromatic carbocycles. The molecule has 190 valence electrons. The first-order valence-electron chi connectivity index (χ1n) is 11.7. The van der Waals surface area contributed by atoms with Gasteiger partial charge in [0, 0.05) is 19.4 Å². The number of halogens is 1. The van der Waals surface area contributed by atoms with E-state index in [-0.39, 0.29) is 36.2 Å². The number of hydrogen-bond acceptors (Lipinski definition) is 5. The van der Waals surface area contributed by atoms with Crippen LogP contribution in [0.1, 0.15) is 57.3 Å². The molecule has 2 aromatic rings. The van der Waals surface area contributed by atoms with E-state index >= 15 is 0 Å². The zero-order valence-electron chi connectivity index (χ0n) is 20.7. The van der Waals surface area contributed by atoms with Gasteiger partial charge in [-0.15, -0.1) is 0 Å². The number of hydrogen-bond donors (Lipinski definition) is 2. The lowest BCUT2D eigenvalue weighted by molar-refractivity contribution is -0.117. The minimum Gasteiger partial charge on any atom is -0.444 e. The molecule has 0 aromatic heterocycles. The Morgan fingerprint density at radius 3 is 2.53 bits per heavy atom. The van der Waals surface area contributed by atoms with E-state index in [4.69, 9.17) is 4.74 Å². The molecular formula is C26H29FN4O5. The molecule has 0 radical (unpaired) electrons. The highest BCUT2D eigenvalue weighted by Crippen LogP contribution is 2.44. The molecule has 0 spiro atoms. The summed E-state index contributed by atoms with van der Waals surface area (Å²) in [7, 11) is 0. The second-order valence-electron chi connectivity index (χ2n) is 10.0. The number of nitrogens with one attached hydrogen (secondary N) is 2. The van der Waals surface area contributed by atoms with E-state index in [0.717, 1.165) is 12.1 Å². The van der Waals surface area contributed by atoms with Gasteiger partial charge in [0.25, 0.3) is 5.91 Å². The second-order valence-corrected chi connectivity index (χ2v) is 10.0. The maximum Gasteiger partial charge on any atom is 0.412 e. The number of fused-ring (bicyclic) bond motifs is 3. The van der Waals surface area contributed by atoms with Gasteiger partial charge in [0.1, 0.15) is 17.1 Å². The van der Waals surface area contributed by atoms with Crippen LogP contribution in [0, 0.1) is 5.82 Å². The Balaban J connectivity index is 1.49. The lowest BCUT2D eigenvalue weighted by Crippen LogP contribution is -2.62. The quantitative estimate of drug-likeness (QED) is 0.634. The van der Waals surface area contributed by atoms with Gasteiger partial charge in [0.05, 0.1) is 22.6 Å². The molecule has 0 saturated carbocycles. The van der Waals surface area contributed by atoms with Crippen LogP contribution >= 0.6 is 0 Å². The second kappa shape index (κ2) is 9.25. The third kappa shape index (κ3) is 4.89. The van der Waals surface area contributed by atoms with Gasteiger partial charge in [-0.3, -0.25) is 24.6 Å². The van der Waals surface area contributed by atoms with Gasteiger partial charge in [-0.1, -0.05) is 12.1 Å². The Hall–Kier alpha value is -3.95. The van der Waals surface area contributed by atoms with Crippen molar-refractivity contribution in [1.29, 1.82) is 0 Å². The Morgan fingerprint density at radius 1 is 1.08 bits per heavy atom. The highest BCUT2D eigenvalue weighted by atomic mass is 19.1. The van der Waals surface area contributed by atoms with Crippen LogP contribution in [0.5, 0.6) is 0 Å². The number of para-hydroxylation sites is 1. The lowest BCUT2D eigenvalue weighted by atomic mass is 9.98. The number of nitrogens with zero attached hydrogens (tertiary/aromatic N) is 2. The number of amides is 4. The lowest BCUT2D eigenvalue weighted by Gasteiger charge is -2.48. The van der Waals surface area contributed by atoms with Crippen molar-refractivity contribution in [3.8, 4) is 0 Å². The third-order valence-electron chi connectivity index (χ3n) is 6.20. The average molecular weight is 497 g/mol. The van der Waals surface area contributed by atoms with Crippen molar-refractivity contribution in [2.24, 2.45) is 0 Å². The summed E-state index contributed by atoms with van der Waals surface area (Å²) in [5.41, 5.74) is -0.416. The fraction of sp³-hybridized carbons (Fsp3) is 0.385. The molecule has 36 heavy (non-hydrogen) atoms. The van der Waals surface area contributed by atoms with Crippen LogP contribution in [0.3, 0.4) is 0 Å². The van der Waals surface area contributed by atoms with Crippen LogP contribution in [-0.2, 0) is 14.3 Å². The Morgan fingerprint density at radius 2 is 1.81 bits per heavy atom. The first-order valence-corrected chi connectivity index (χ1v) is 11.7. The summed E-state index contributed by atoms with van der Waals surface area (Å²) in [6, 6.07) is 10.5. The van der Waals surface area contributed by atoms with Gasteiger partial charge in [-0.25, -0.2) is 9.18 Å². The van der Waals surface area contributed by atoms with Crippen LogP contribution in [0.2, 0.25) is 0 Å². The number of anilines is 3. The highest BCUT2D eigenvalue weighted by Gasteiger charge is 2.52. The van der Waals surface area contributed by atoms with E-state index in [1.807, 2.05) is 6.92 Å². The predicted molar refractivity (Wildman–Crippen MR) is 132 cm³/mol. The molecule has 4 amide bonds. The highest BCUT2D eigenvalue weighted by molar-refractivity contribution is 6.10. The van der Waals surface area contributed by atoms with Gasteiger partial charge in [0.15, 0.2) is 0 Å². The van der Waals surface area contributed by atoms with E-state index in [0.29, 0.717) is 24.1 Å². The number of rotatable bonds is 5. The number of carbonyl (C=O) groups is 4. The summed E-state index contributed by atoms with van der Waals surface area (Å²) < 4.78 is 19.1. The minimum absolute atomic E-state index is 0.0451. The largest absolute Gasteiger partial charge is 0.444 e. The van der Waals surface area contributed by atoms with Crippen LogP contribution in [0.15, 0.2) is 42.5 Å². The van der Waals surface area contributed by atoms with Crippen molar-refractivity contribution in [2.45, 2.75) is 58.2 Å². The molecule has 10 heteroatoms. The zero-order chi connectivity index (χ0) is 26.3. The van der Waals surface area contributed by atoms with Gasteiger partial charge < -0.3 is 15.0 Å². The van der Waals surface area contributed by atoms with Crippen LogP contribution in [0.4, 0.5) is 26.2 Å². The Bertz CT molecular complexity index is 1240. The van der Waals surface area contributed by atoms with E-state index < -0.39 is 29.1 Å².